The first-order valence-corrected chi connectivity index (χ1v) is 10.3. The van der Waals surface area contributed by atoms with Crippen LogP contribution < -0.4 is 0 Å². The Balaban J connectivity index is 2.39. The Morgan fingerprint density at radius 3 is 1.90 bits per heavy atom. The summed E-state index contributed by atoms with van der Waals surface area (Å²) in [4.78, 5) is 12.9. The van der Waals surface area contributed by atoms with E-state index in [1.165, 1.54) is 25.3 Å². The Morgan fingerprint density at radius 1 is 1.00 bits per heavy atom. The van der Waals surface area contributed by atoms with Crippen molar-refractivity contribution in [1.82, 2.24) is 0 Å². The summed E-state index contributed by atoms with van der Waals surface area (Å²) in [6.07, 6.45) is 14.2. The van der Waals surface area contributed by atoms with Gasteiger partial charge in [0.05, 0.1) is 0 Å². The fraction of sp³-hybridized carbons (Fsp3) is 0.346. The number of aromatic hydroxyl groups is 2. The zero-order chi connectivity index (χ0) is 23.2. The van der Waals surface area contributed by atoms with Gasteiger partial charge in [0.1, 0.15) is 17.1 Å². The molecule has 0 bridgehead atoms. The van der Waals surface area contributed by atoms with Crippen molar-refractivity contribution in [3.8, 4) is 11.5 Å². The van der Waals surface area contributed by atoms with Gasteiger partial charge in [-0.3, -0.25) is 4.79 Å². The van der Waals surface area contributed by atoms with Crippen molar-refractivity contribution in [3.63, 3.8) is 0 Å². The second kappa shape index (κ2) is 10.4. The van der Waals surface area contributed by atoms with Gasteiger partial charge in [0.15, 0.2) is 5.78 Å². The number of aliphatic hydroxyl groups is 1. The van der Waals surface area contributed by atoms with Crippen molar-refractivity contribution in [3.05, 3.63) is 82.5 Å². The third-order valence-corrected chi connectivity index (χ3v) is 5.05. The molecule has 1 aromatic rings. The Bertz CT molecular complexity index is 910. The van der Waals surface area contributed by atoms with E-state index < -0.39 is 11.6 Å². The lowest BCUT2D eigenvalue weighted by Crippen LogP contribution is -2.27. The van der Waals surface area contributed by atoms with Gasteiger partial charge in [-0.05, 0) is 76.0 Å². The van der Waals surface area contributed by atoms with E-state index in [2.05, 4.69) is 0 Å². The second-order valence-corrected chi connectivity index (χ2v) is 8.21. The Hall–Kier alpha value is -2.89. The lowest BCUT2D eigenvalue weighted by atomic mass is 9.94. The summed E-state index contributed by atoms with van der Waals surface area (Å²) in [6, 6.07) is 1.75. The predicted molar refractivity (Wildman–Crippen MR) is 123 cm³/mol. The monoisotopic (exact) mass is 424 g/mol. The van der Waals surface area contributed by atoms with E-state index in [0.29, 0.717) is 24.0 Å². The van der Waals surface area contributed by atoms with Gasteiger partial charge in [0, 0.05) is 13.0 Å². The van der Waals surface area contributed by atoms with Crippen LogP contribution in [0.3, 0.4) is 0 Å². The first kappa shape index (κ1) is 24.4. The molecule has 166 valence electrons. The molecule has 1 aliphatic rings. The summed E-state index contributed by atoms with van der Waals surface area (Å²) in [7, 11) is 1.40. The highest BCUT2D eigenvalue weighted by Crippen LogP contribution is 2.36. The van der Waals surface area contributed by atoms with E-state index >= 15 is 0 Å². The maximum atomic E-state index is 12.9. The molecule has 31 heavy (non-hydrogen) atoms. The number of carbonyl (C=O) groups is 1. The molecule has 5 nitrogen and oxygen atoms in total. The molecule has 0 amide bonds. The van der Waals surface area contributed by atoms with Gasteiger partial charge in [-0.2, -0.15) is 0 Å². The molecule has 0 aliphatic heterocycles. The summed E-state index contributed by atoms with van der Waals surface area (Å²) < 4.78 is 4.97. The molecule has 2 rings (SSSR count). The Morgan fingerprint density at radius 2 is 1.48 bits per heavy atom. The number of hydrogen-bond donors (Lipinski definition) is 3. The molecule has 0 aromatic heterocycles. The fourth-order valence-corrected chi connectivity index (χ4v) is 3.12. The molecule has 0 atom stereocenters. The van der Waals surface area contributed by atoms with Crippen LogP contribution >= 0.6 is 0 Å². The summed E-state index contributed by atoms with van der Waals surface area (Å²) in [5, 5.41) is 31.5. The van der Waals surface area contributed by atoms with Crippen molar-refractivity contribution < 1.29 is 24.9 Å². The molecular formula is C26H32O5. The van der Waals surface area contributed by atoms with E-state index in [-0.39, 0.29) is 23.0 Å². The number of rotatable bonds is 8. The Labute approximate surface area is 184 Å². The van der Waals surface area contributed by atoms with Crippen molar-refractivity contribution in [2.24, 2.45) is 5.92 Å². The molecule has 0 saturated carbocycles. The van der Waals surface area contributed by atoms with Crippen molar-refractivity contribution in [2.75, 3.05) is 7.11 Å². The number of methoxy groups -OCH3 is 1. The lowest BCUT2D eigenvalue weighted by molar-refractivity contribution is -0.107. The van der Waals surface area contributed by atoms with Crippen molar-refractivity contribution >= 4 is 5.78 Å². The van der Waals surface area contributed by atoms with Crippen molar-refractivity contribution in [2.45, 2.75) is 46.3 Å². The largest absolute Gasteiger partial charge is 0.507 e. The molecule has 0 heterocycles. The number of ether oxygens (including phenoxy) is 1. The molecular weight excluding hydrogens is 392 g/mol. The van der Waals surface area contributed by atoms with Crippen LogP contribution in [-0.2, 0) is 17.6 Å². The quantitative estimate of drug-likeness (QED) is 0.238. The summed E-state index contributed by atoms with van der Waals surface area (Å²) in [5.41, 5.74) is 3.28. The molecule has 5 heteroatoms. The maximum Gasteiger partial charge on any atom is 0.205 e. The third kappa shape index (κ3) is 6.54. The highest BCUT2D eigenvalue weighted by atomic mass is 16.6. The average Bonchev–Trinajstić information content (AvgIpc) is 2.72. The predicted octanol–water partition coefficient (Wildman–Crippen LogP) is 4.93. The molecule has 0 spiro atoms. The smallest absolute Gasteiger partial charge is 0.205 e. The number of ketones is 1. The number of phenols is 2. The van der Waals surface area contributed by atoms with Crippen molar-refractivity contribution in [1.29, 1.82) is 0 Å². The van der Waals surface area contributed by atoms with Gasteiger partial charge >= 0.3 is 0 Å². The zero-order valence-electron chi connectivity index (χ0n) is 18.8. The van der Waals surface area contributed by atoms with E-state index in [0.717, 1.165) is 11.1 Å². The minimum absolute atomic E-state index is 0.0924. The minimum atomic E-state index is -1.44. The van der Waals surface area contributed by atoms with Crippen LogP contribution in [0.25, 0.3) is 0 Å². The van der Waals surface area contributed by atoms with Crippen LogP contribution in [0, 0.1) is 5.92 Å². The van der Waals surface area contributed by atoms with E-state index in [9.17, 15) is 20.1 Å². The van der Waals surface area contributed by atoms with Crippen LogP contribution in [-0.4, -0.2) is 34.0 Å². The van der Waals surface area contributed by atoms with Crippen LogP contribution in [0.2, 0.25) is 0 Å². The highest BCUT2D eigenvalue weighted by molar-refractivity contribution is 6.09. The van der Waals surface area contributed by atoms with Gasteiger partial charge < -0.3 is 20.1 Å². The van der Waals surface area contributed by atoms with E-state index in [1.807, 2.05) is 39.8 Å². The second-order valence-electron chi connectivity index (χ2n) is 8.21. The first-order valence-electron chi connectivity index (χ1n) is 10.3. The normalized spacial score (nSPS) is 20.1. The van der Waals surface area contributed by atoms with E-state index in [1.54, 1.807) is 24.3 Å². The van der Waals surface area contributed by atoms with Gasteiger partial charge in [0.2, 0.25) is 5.79 Å². The maximum absolute atomic E-state index is 12.9. The lowest BCUT2D eigenvalue weighted by Gasteiger charge is -2.22. The van der Waals surface area contributed by atoms with Gasteiger partial charge in [-0.15, -0.1) is 0 Å². The number of phenolic OH excluding ortho intramolecular Hbond substituents is 2. The van der Waals surface area contributed by atoms with E-state index in [4.69, 9.17) is 4.74 Å². The zero-order valence-corrected chi connectivity index (χ0v) is 18.8. The number of carbonyl (C=O) groups excluding carboxylic acids is 1. The fourth-order valence-electron chi connectivity index (χ4n) is 3.12. The summed E-state index contributed by atoms with van der Waals surface area (Å²) in [5.74, 6) is -2.54. The van der Waals surface area contributed by atoms with Crippen LogP contribution in [0.5, 0.6) is 11.5 Å². The SMILES string of the molecule is COC1(O)C=CC(/C=C/C(=O)c2c(O)c(CC=C(C)C)cc(CC=C(C)C)c2O)C=C1. The highest BCUT2D eigenvalue weighted by Gasteiger charge is 2.23. The van der Waals surface area contributed by atoms with Crippen LogP contribution in [0.15, 0.2) is 65.8 Å². The van der Waals surface area contributed by atoms with Crippen LogP contribution in [0.4, 0.5) is 0 Å². The van der Waals surface area contributed by atoms with Gasteiger partial charge in [-0.1, -0.05) is 41.5 Å². The molecule has 1 aromatic carbocycles. The first-order chi connectivity index (χ1) is 14.6. The molecule has 0 radical (unpaired) electrons. The van der Waals surface area contributed by atoms with Gasteiger partial charge in [0.25, 0.3) is 0 Å². The number of hydrogen-bond acceptors (Lipinski definition) is 5. The molecule has 3 N–H and O–H groups in total. The van der Waals surface area contributed by atoms with Gasteiger partial charge in [-0.25, -0.2) is 0 Å². The summed E-state index contributed by atoms with van der Waals surface area (Å²) in [6.45, 7) is 7.86. The third-order valence-electron chi connectivity index (χ3n) is 5.05. The molecule has 1 aliphatic carbocycles. The van der Waals surface area contributed by atoms with Crippen LogP contribution in [0.1, 0.15) is 49.2 Å². The number of benzene rings is 1. The Kier molecular flexibility index (Phi) is 8.20. The number of allylic oxidation sites excluding steroid dienone is 8. The standard InChI is InChI=1S/C26H32O5/c1-17(2)6-9-20-16-21(10-7-18(3)4)25(29)23(24(20)28)22(27)11-8-19-12-14-26(30,31-5)15-13-19/h6-8,11-16,19,28-30H,9-10H2,1-5H3/b11-8+. The average molecular weight is 425 g/mol. The minimum Gasteiger partial charge on any atom is -0.507 e. The molecule has 0 unspecified atom stereocenters. The molecule has 0 fully saturated rings. The topological polar surface area (TPSA) is 87.0 Å². The summed E-state index contributed by atoms with van der Waals surface area (Å²) >= 11 is 0. The molecule has 0 saturated heterocycles.